The van der Waals surface area contributed by atoms with E-state index in [0.29, 0.717) is 25.7 Å². The number of ether oxygens (including phenoxy) is 7. The number of ketones is 1. The Morgan fingerprint density at radius 2 is 0.921 bits per heavy atom. The van der Waals surface area contributed by atoms with Crippen LogP contribution in [0, 0.1) is 0 Å². The first-order chi connectivity index (χ1) is 42.9. The van der Waals surface area contributed by atoms with Gasteiger partial charge in [-0.1, -0.05) is 220 Å². The summed E-state index contributed by atoms with van der Waals surface area (Å²) in [5.41, 5.74) is 0. The average Bonchev–Trinajstić information content (AvgIpc) is 0.966. The number of phosphoric ester groups is 2. The summed E-state index contributed by atoms with van der Waals surface area (Å²) in [7, 11) is -7.69. The second-order valence-corrected chi connectivity index (χ2v) is 27.2. The van der Waals surface area contributed by atoms with E-state index < -0.39 is 102 Å². The van der Waals surface area contributed by atoms with Crippen LogP contribution in [0.15, 0.2) is 12.2 Å². The van der Waals surface area contributed by atoms with E-state index in [9.17, 15) is 48.2 Å². The molecular weight excluding hydrogens is 1190 g/mol. The Hall–Kier alpha value is -1.75. The van der Waals surface area contributed by atoms with E-state index in [0.717, 1.165) is 161 Å². The highest BCUT2D eigenvalue weighted by Crippen LogP contribution is 2.44. The fourth-order valence-electron chi connectivity index (χ4n) is 11.7. The summed E-state index contributed by atoms with van der Waals surface area (Å²) in [6, 6.07) is -2.84. The number of hydrogen-bond acceptors (Lipinski definition) is 15. The molecule has 23 heteroatoms. The van der Waals surface area contributed by atoms with Crippen LogP contribution in [0.2, 0.25) is 0 Å². The smallest absolute Gasteiger partial charge is 0.388 e. The lowest BCUT2D eigenvalue weighted by Gasteiger charge is -2.47. The molecule has 0 bridgehead atoms. The molecule has 0 spiro atoms. The SMILES string of the molecule is CCCCCCC=CCCCCCCCCCC(=O)N[C@H]1[C@H](OC[C@H]2OC(OP(=O)(O)O)[C@H](NC(=O)CC(=O)CCCCCCCCCCC)[C@@H](OCCCCCCCCCC)[C@@H]2O)O[C@H](COC)[C@@H](OP(=O)(O)O)[C@@H]1OCC[C@@H](CCCCCCC)OC. The molecule has 11 atom stereocenters. The van der Waals surface area contributed by atoms with Gasteiger partial charge >= 0.3 is 15.6 Å². The minimum atomic E-state index is -5.39. The van der Waals surface area contributed by atoms with Crippen LogP contribution in [0.25, 0.3) is 0 Å². The van der Waals surface area contributed by atoms with Crippen LogP contribution in [0.4, 0.5) is 0 Å². The monoisotopic (exact) mass is 1310 g/mol. The molecule has 2 aliphatic heterocycles. The van der Waals surface area contributed by atoms with Crippen LogP contribution >= 0.6 is 15.6 Å². The standard InChI is InChI=1S/C66H126N2O19P2/c1-7-11-15-19-22-25-26-27-28-29-30-32-34-38-42-46-57(70)67-60-64(82-49-47-54(80-6)45-41-36-18-14-10-4)62(86-88(73,74)75)56(51-79-5)85-65(60)83-52-55-61(72)63(81-48-43-39-35-24-21-17-13-9-3)59(66(84-55)87-89(76,77)78)68-58(71)50-53(69)44-40-37-33-31-23-20-16-12-8-2/h25-26,54-56,59-66,72H,7-24,27-52H2,1-6H3,(H,67,70)(H,68,71)(H2,73,74,75)(H2,76,77,78)/t54-,55-,56-,59-,60-,61-,62-,63-,64-,65-,66?/m1/s1. The number of allylic oxidation sites excluding steroid dienone is 2. The minimum absolute atomic E-state index is 0.00889. The van der Waals surface area contributed by atoms with Crippen molar-refractivity contribution in [1.29, 1.82) is 0 Å². The Morgan fingerprint density at radius 3 is 1.45 bits per heavy atom. The summed E-state index contributed by atoms with van der Waals surface area (Å²) in [5.74, 6) is -1.52. The highest BCUT2D eigenvalue weighted by molar-refractivity contribution is 7.46. The number of carbonyl (C=O) groups is 3. The predicted molar refractivity (Wildman–Crippen MR) is 347 cm³/mol. The van der Waals surface area contributed by atoms with Crippen LogP contribution in [-0.4, -0.2) is 150 Å². The van der Waals surface area contributed by atoms with Crippen molar-refractivity contribution in [2.45, 2.75) is 352 Å². The second-order valence-electron chi connectivity index (χ2n) is 24.8. The van der Waals surface area contributed by atoms with Gasteiger partial charge in [-0.05, 0) is 57.8 Å². The van der Waals surface area contributed by atoms with E-state index in [1.165, 1.54) is 58.5 Å². The molecule has 1 unspecified atom stereocenters. The molecule has 2 fully saturated rings. The van der Waals surface area contributed by atoms with Gasteiger partial charge in [0.25, 0.3) is 0 Å². The first kappa shape index (κ1) is 83.3. The van der Waals surface area contributed by atoms with Gasteiger partial charge < -0.3 is 68.5 Å². The largest absolute Gasteiger partial charge is 0.472 e. The van der Waals surface area contributed by atoms with Crippen molar-refractivity contribution < 1.29 is 90.4 Å². The Morgan fingerprint density at radius 1 is 0.472 bits per heavy atom. The summed E-state index contributed by atoms with van der Waals surface area (Å²) in [6.07, 6.45) is 29.6. The van der Waals surface area contributed by atoms with Gasteiger partial charge in [-0.15, -0.1) is 0 Å². The molecule has 2 aliphatic rings. The molecule has 2 saturated heterocycles. The van der Waals surface area contributed by atoms with Gasteiger partial charge in [-0.3, -0.25) is 23.4 Å². The molecule has 21 nitrogen and oxygen atoms in total. The molecule has 89 heavy (non-hydrogen) atoms. The number of aliphatic hydroxyl groups excluding tert-OH is 1. The van der Waals surface area contributed by atoms with E-state index in [-0.39, 0.29) is 44.5 Å². The zero-order valence-electron chi connectivity index (χ0n) is 56.0. The quantitative estimate of drug-likeness (QED) is 0.0129. The number of phosphoric acid groups is 2. The number of methoxy groups -OCH3 is 2. The number of hydrogen-bond donors (Lipinski definition) is 7. The van der Waals surface area contributed by atoms with Crippen molar-refractivity contribution in [2.75, 3.05) is 40.6 Å². The van der Waals surface area contributed by atoms with Gasteiger partial charge in [0, 0.05) is 40.3 Å². The fourth-order valence-corrected chi connectivity index (χ4v) is 12.7. The van der Waals surface area contributed by atoms with Gasteiger partial charge in [-0.2, -0.15) is 0 Å². The maximum atomic E-state index is 14.1. The number of rotatable bonds is 59. The molecule has 0 radical (unpaired) electrons. The summed E-state index contributed by atoms with van der Waals surface area (Å²) in [6.45, 7) is 7.91. The Bertz CT molecular complexity index is 1900. The van der Waals surface area contributed by atoms with Crippen molar-refractivity contribution in [3.8, 4) is 0 Å². The van der Waals surface area contributed by atoms with Gasteiger partial charge in [0.2, 0.25) is 11.8 Å². The van der Waals surface area contributed by atoms with Crippen molar-refractivity contribution in [1.82, 2.24) is 10.6 Å². The third-order valence-corrected chi connectivity index (χ3v) is 17.8. The third kappa shape index (κ3) is 41.0. The Balaban J connectivity index is 2.45. The van der Waals surface area contributed by atoms with Gasteiger partial charge in [0.1, 0.15) is 54.5 Å². The lowest BCUT2D eigenvalue weighted by Crippen LogP contribution is -2.67. The molecule has 2 heterocycles. The van der Waals surface area contributed by atoms with Gasteiger partial charge in [-0.25, -0.2) is 9.13 Å². The van der Waals surface area contributed by atoms with E-state index in [1.807, 2.05) is 0 Å². The van der Waals surface area contributed by atoms with Crippen LogP contribution in [0.3, 0.4) is 0 Å². The van der Waals surface area contributed by atoms with Crippen molar-refractivity contribution in [3.05, 3.63) is 12.2 Å². The number of nitrogens with one attached hydrogen (secondary N) is 2. The molecule has 0 aromatic carbocycles. The van der Waals surface area contributed by atoms with E-state index >= 15 is 0 Å². The lowest BCUT2D eigenvalue weighted by molar-refractivity contribution is -0.301. The van der Waals surface area contributed by atoms with Crippen LogP contribution < -0.4 is 10.6 Å². The molecule has 2 rings (SSSR count). The number of amides is 2. The zero-order chi connectivity index (χ0) is 65.4. The van der Waals surface area contributed by atoms with Crippen LogP contribution in [0.1, 0.15) is 285 Å². The average molecular weight is 1310 g/mol. The second kappa shape index (κ2) is 52.5. The van der Waals surface area contributed by atoms with Crippen LogP contribution in [0.5, 0.6) is 0 Å². The van der Waals surface area contributed by atoms with E-state index in [4.69, 9.17) is 42.2 Å². The number of aliphatic hydroxyl groups is 1. The summed E-state index contributed by atoms with van der Waals surface area (Å²) >= 11 is 0. The minimum Gasteiger partial charge on any atom is -0.388 e. The Kier molecular flexibility index (Phi) is 49.2. The predicted octanol–water partition coefficient (Wildman–Crippen LogP) is 13.6. The molecule has 0 aliphatic carbocycles. The molecule has 0 aromatic heterocycles. The normalized spacial score (nSPS) is 22.9. The molecule has 0 aromatic rings. The maximum Gasteiger partial charge on any atom is 0.472 e. The number of unbranched alkanes of at least 4 members (excludes halogenated alkanes) is 30. The topological polar surface area (TPSA) is 294 Å². The van der Waals surface area contributed by atoms with Crippen molar-refractivity contribution >= 4 is 33.2 Å². The molecule has 7 N–H and O–H groups in total. The summed E-state index contributed by atoms with van der Waals surface area (Å²) < 4.78 is 79.3. The van der Waals surface area contributed by atoms with Gasteiger partial charge in [0.05, 0.1) is 25.7 Å². The zero-order valence-corrected chi connectivity index (χ0v) is 57.8. The number of Topliss-reactive ketones (excluding diaryl/α,β-unsaturated/α-hetero) is 1. The first-order valence-corrected chi connectivity index (χ1v) is 38.1. The molecule has 0 saturated carbocycles. The van der Waals surface area contributed by atoms with Crippen LogP contribution in [-0.2, 0) is 65.7 Å². The highest BCUT2D eigenvalue weighted by atomic mass is 31.2. The number of carbonyl (C=O) groups excluding carboxylic acids is 3. The van der Waals surface area contributed by atoms with Gasteiger partial charge in [0.15, 0.2) is 12.6 Å². The lowest BCUT2D eigenvalue weighted by atomic mass is 9.95. The third-order valence-electron chi connectivity index (χ3n) is 16.8. The van der Waals surface area contributed by atoms with Crippen molar-refractivity contribution in [3.63, 3.8) is 0 Å². The first-order valence-electron chi connectivity index (χ1n) is 35.0. The highest BCUT2D eigenvalue weighted by Gasteiger charge is 2.53. The summed E-state index contributed by atoms with van der Waals surface area (Å²) in [5, 5.41) is 17.9. The maximum absolute atomic E-state index is 14.1. The Labute approximate surface area is 536 Å². The fraction of sp³-hybridized carbons (Fsp3) is 0.924. The molecule has 2 amide bonds. The van der Waals surface area contributed by atoms with Crippen molar-refractivity contribution in [2.24, 2.45) is 0 Å². The summed E-state index contributed by atoms with van der Waals surface area (Å²) in [4.78, 5) is 82.2. The van der Waals surface area contributed by atoms with E-state index in [2.05, 4.69) is 50.5 Å². The van der Waals surface area contributed by atoms with E-state index in [1.54, 1.807) is 7.11 Å². The molecular formula is C66H126N2O19P2. The molecule has 524 valence electrons.